The Morgan fingerprint density at radius 1 is 1.15 bits per heavy atom. The Bertz CT molecular complexity index is 1860. The van der Waals surface area contributed by atoms with Crippen LogP contribution in [0.15, 0.2) is 48.8 Å². The summed E-state index contributed by atoms with van der Waals surface area (Å²) in [6.07, 6.45) is 1.09. The Hall–Kier alpha value is -4.03. The normalized spacial score (nSPS) is 12.8. The fourth-order valence-corrected chi connectivity index (χ4v) is 5.46. The van der Waals surface area contributed by atoms with Crippen LogP contribution in [0.3, 0.4) is 0 Å². The van der Waals surface area contributed by atoms with E-state index in [-0.39, 0.29) is 12.4 Å². The largest absolute Gasteiger partial charge is 0.484 e. The number of ether oxygens (including phenoxy) is 4. The Balaban J connectivity index is 0.00000120. The summed E-state index contributed by atoms with van der Waals surface area (Å²) in [7, 11) is 5.03. The van der Waals surface area contributed by atoms with Gasteiger partial charge in [-0.25, -0.2) is 33.9 Å². The molecular weight excluding hydrogens is 762 g/mol. The molecule has 1 unspecified atom stereocenters. The number of aryl methyl sites for hydroxylation is 1. The maximum Gasteiger partial charge on any atom is 0.415 e. The second kappa shape index (κ2) is 16.7. The summed E-state index contributed by atoms with van der Waals surface area (Å²) in [6, 6.07) is 9.95. The van der Waals surface area contributed by atoms with Crippen molar-refractivity contribution < 1.29 is 32.9 Å². The monoisotopic (exact) mass is 794 g/mol. The van der Waals surface area contributed by atoms with Crippen LogP contribution in [0.25, 0.3) is 31.8 Å². The summed E-state index contributed by atoms with van der Waals surface area (Å²) in [5.41, 5.74) is 3.94. The molecule has 1 aliphatic heterocycles. The fourth-order valence-electron chi connectivity index (χ4n) is 4.46. The van der Waals surface area contributed by atoms with Crippen LogP contribution in [0, 0.1) is 12.7 Å². The van der Waals surface area contributed by atoms with E-state index < -0.39 is 24.1 Å². The Morgan fingerprint density at radius 2 is 1.94 bits per heavy atom. The Labute approximate surface area is 292 Å². The minimum Gasteiger partial charge on any atom is -0.484 e. The zero-order chi connectivity index (χ0) is 34.1. The highest BCUT2D eigenvalue weighted by Gasteiger charge is 2.24. The number of anilines is 2. The molecule has 0 saturated carbocycles. The van der Waals surface area contributed by atoms with Crippen molar-refractivity contribution in [1.29, 1.82) is 0 Å². The number of carbonyl (C=O) groups is 2. The number of thiazole rings is 1. The van der Waals surface area contributed by atoms with Crippen LogP contribution < -0.4 is 19.7 Å². The van der Waals surface area contributed by atoms with Gasteiger partial charge in [0.1, 0.15) is 30.1 Å². The standard InChI is InChI=1S/C29H25FN6O6S.C2H6.HIS/c1-15-8-18(26-21(9-15)34-25(39-3)13-32-26)27-35-20-10-19(30)22(11-23(20)43-27)42-16(2)14-41-28(37)33-17-4-5-24(31-12-17)36-6-7-40-29(36)38;2*1-2/h4-5,8-13,16H,6-7,14H2,1-3H3,(H,33,37);1-2H3;2H. The molecule has 248 valence electrons. The zero-order valence-electron chi connectivity index (χ0n) is 26.1. The molecule has 4 heterocycles. The number of nitrogens with one attached hydrogen (secondary N) is 1. The number of fused-ring (bicyclic) bond motifs is 2. The highest BCUT2D eigenvalue weighted by Crippen LogP contribution is 2.37. The number of hydrogen-bond acceptors (Lipinski definition) is 12. The van der Waals surface area contributed by atoms with Gasteiger partial charge in [0, 0.05) is 17.7 Å². The molecule has 1 atom stereocenters. The molecule has 1 aliphatic rings. The van der Waals surface area contributed by atoms with E-state index in [0.717, 1.165) is 11.1 Å². The number of carbonyl (C=O) groups excluding carboxylic acids is 2. The van der Waals surface area contributed by atoms with E-state index >= 15 is 0 Å². The van der Waals surface area contributed by atoms with E-state index in [2.05, 4.69) is 35.1 Å². The number of methoxy groups -OCH3 is 1. The summed E-state index contributed by atoms with van der Waals surface area (Å²) in [5, 5.41) is 3.22. The number of benzene rings is 2. The second-order valence-electron chi connectivity index (χ2n) is 9.68. The van der Waals surface area contributed by atoms with Crippen LogP contribution in [0.2, 0.25) is 0 Å². The molecule has 1 saturated heterocycles. The molecule has 2 amide bonds. The van der Waals surface area contributed by atoms with Gasteiger partial charge in [-0.1, -0.05) is 13.8 Å². The lowest BCUT2D eigenvalue weighted by Crippen LogP contribution is -2.25. The van der Waals surface area contributed by atoms with Gasteiger partial charge >= 0.3 is 12.2 Å². The van der Waals surface area contributed by atoms with Gasteiger partial charge in [0.25, 0.3) is 0 Å². The highest BCUT2D eigenvalue weighted by molar-refractivity contribution is 14.2. The van der Waals surface area contributed by atoms with E-state index in [1.807, 2.05) is 54.1 Å². The molecule has 2 aromatic carbocycles. The lowest BCUT2D eigenvalue weighted by Gasteiger charge is -2.16. The lowest BCUT2D eigenvalue weighted by molar-refractivity contribution is 0.0969. The first-order chi connectivity index (χ1) is 22.8. The minimum atomic E-state index is -0.736. The van der Waals surface area contributed by atoms with E-state index in [0.29, 0.717) is 56.8 Å². The number of cyclic esters (lactones) is 1. The third-order valence-electron chi connectivity index (χ3n) is 6.46. The number of nitrogens with zero attached hydrogens (tertiary/aromatic N) is 5. The number of rotatable bonds is 8. The predicted molar refractivity (Wildman–Crippen MR) is 192 cm³/mol. The smallest absolute Gasteiger partial charge is 0.415 e. The summed E-state index contributed by atoms with van der Waals surface area (Å²) < 4.78 is 36.8. The van der Waals surface area contributed by atoms with Gasteiger partial charge < -0.3 is 18.9 Å². The van der Waals surface area contributed by atoms with Crippen LogP contribution >= 0.6 is 42.3 Å². The SMILES string of the molecule is CC.COc1cnc2c(-c3nc4cc(F)c(OC(C)COC(=O)Nc5ccc(N6CCOC6=O)nc5)cc4s3)cc(C)cc2n1.SI. The van der Waals surface area contributed by atoms with Crippen LogP contribution in [0.4, 0.5) is 25.5 Å². The van der Waals surface area contributed by atoms with Gasteiger partial charge in [-0.05, 0) is 64.9 Å². The van der Waals surface area contributed by atoms with E-state index in [4.69, 9.17) is 18.9 Å². The third kappa shape index (κ3) is 8.66. The van der Waals surface area contributed by atoms with Crippen LogP contribution in [0.1, 0.15) is 26.3 Å². The molecule has 6 rings (SSSR count). The van der Waals surface area contributed by atoms with E-state index in [9.17, 15) is 14.0 Å². The molecule has 0 radical (unpaired) electrons. The molecule has 16 heteroatoms. The maximum absolute atomic E-state index is 15.0. The van der Waals surface area contributed by atoms with Gasteiger partial charge in [0.15, 0.2) is 11.6 Å². The summed E-state index contributed by atoms with van der Waals surface area (Å²) >= 11 is 3.22. The molecule has 47 heavy (non-hydrogen) atoms. The predicted octanol–water partition coefficient (Wildman–Crippen LogP) is 8.02. The minimum absolute atomic E-state index is 0.0121. The number of amides is 2. The van der Waals surface area contributed by atoms with Crippen LogP contribution in [0.5, 0.6) is 11.6 Å². The summed E-state index contributed by atoms with van der Waals surface area (Å²) in [6.45, 7) is 8.18. The van der Waals surface area contributed by atoms with Crippen molar-refractivity contribution in [2.45, 2.75) is 33.8 Å². The summed E-state index contributed by atoms with van der Waals surface area (Å²) in [4.78, 5) is 43.2. The number of aromatic nitrogens is 4. The molecule has 5 aromatic rings. The highest BCUT2D eigenvalue weighted by atomic mass is 127. The first-order valence-electron chi connectivity index (χ1n) is 14.4. The van der Waals surface area contributed by atoms with Gasteiger partial charge in [-0.3, -0.25) is 10.2 Å². The van der Waals surface area contributed by atoms with Gasteiger partial charge in [0.2, 0.25) is 5.88 Å². The Kier molecular flexibility index (Phi) is 12.7. The maximum atomic E-state index is 15.0. The first-order valence-corrected chi connectivity index (χ1v) is 18.4. The first kappa shape index (κ1) is 35.8. The van der Waals surface area contributed by atoms with Crippen molar-refractivity contribution in [3.63, 3.8) is 0 Å². The molecule has 1 fully saturated rings. The van der Waals surface area contributed by atoms with Crippen molar-refractivity contribution in [2.75, 3.05) is 37.1 Å². The van der Waals surface area contributed by atoms with Crippen molar-refractivity contribution in [3.05, 3.63) is 60.2 Å². The molecule has 12 nitrogen and oxygen atoms in total. The van der Waals surface area contributed by atoms with Crippen LogP contribution in [-0.4, -0.2) is 65.1 Å². The average Bonchev–Trinajstić information content (AvgIpc) is 3.71. The van der Waals surface area contributed by atoms with Crippen molar-refractivity contribution >= 4 is 87.3 Å². The third-order valence-corrected chi connectivity index (χ3v) is 7.51. The van der Waals surface area contributed by atoms with Crippen molar-refractivity contribution in [1.82, 2.24) is 19.9 Å². The molecule has 1 N–H and O–H groups in total. The number of thiol groups is 1. The van der Waals surface area contributed by atoms with Crippen molar-refractivity contribution in [3.8, 4) is 22.2 Å². The topological polar surface area (TPSA) is 138 Å². The molecule has 0 bridgehead atoms. The van der Waals surface area contributed by atoms with E-state index in [1.54, 1.807) is 31.3 Å². The van der Waals surface area contributed by atoms with Gasteiger partial charge in [-0.15, -0.1) is 21.1 Å². The van der Waals surface area contributed by atoms with Gasteiger partial charge in [0.05, 0.1) is 53.0 Å². The number of hydrogen-bond donors (Lipinski definition) is 2. The quantitative estimate of drug-likeness (QED) is 0.117. The summed E-state index contributed by atoms with van der Waals surface area (Å²) in [5.74, 6) is 0.244. The Morgan fingerprint density at radius 3 is 2.62 bits per heavy atom. The molecule has 0 spiro atoms. The molecule has 3 aromatic heterocycles. The second-order valence-corrected chi connectivity index (χ2v) is 10.7. The molecule has 0 aliphatic carbocycles. The van der Waals surface area contributed by atoms with Gasteiger partial charge in [-0.2, -0.15) is 0 Å². The fraction of sp³-hybridized carbons (Fsp3) is 0.290. The number of pyridine rings is 1. The van der Waals surface area contributed by atoms with Crippen LogP contribution in [-0.2, 0) is 9.47 Å². The van der Waals surface area contributed by atoms with Crippen molar-refractivity contribution in [2.24, 2.45) is 0 Å². The molecular formula is C31H32FIN6O6S2. The lowest BCUT2D eigenvalue weighted by atomic mass is 10.1. The average molecular weight is 795 g/mol. The van der Waals surface area contributed by atoms with E-state index in [1.165, 1.54) is 35.6 Å². The zero-order valence-corrected chi connectivity index (χ0v) is 30.0. The number of halogens is 2.